The Morgan fingerprint density at radius 1 is 1.57 bits per heavy atom. The van der Waals surface area contributed by atoms with Gasteiger partial charge < -0.3 is 15.0 Å². The fourth-order valence-electron chi connectivity index (χ4n) is 0.947. The van der Waals surface area contributed by atoms with E-state index >= 15 is 0 Å². The monoisotopic (exact) mass is 196 g/mol. The molecule has 1 amide bonds. The summed E-state index contributed by atoms with van der Waals surface area (Å²) in [5.41, 5.74) is 0.481. The van der Waals surface area contributed by atoms with Gasteiger partial charge in [-0.1, -0.05) is 0 Å². The highest BCUT2D eigenvalue weighted by Gasteiger charge is 2.06. The van der Waals surface area contributed by atoms with Gasteiger partial charge in [0.25, 0.3) is 5.91 Å². The number of aromatic nitrogens is 1. The molecule has 0 fully saturated rings. The molecule has 0 bridgehead atoms. The summed E-state index contributed by atoms with van der Waals surface area (Å²) in [5, 5.41) is 2.58. The van der Waals surface area contributed by atoms with E-state index in [1.165, 1.54) is 7.11 Å². The maximum Gasteiger partial charge on any atom is 0.307 e. The van der Waals surface area contributed by atoms with Crippen LogP contribution in [0.25, 0.3) is 0 Å². The molecule has 0 aliphatic heterocycles. The lowest BCUT2D eigenvalue weighted by molar-refractivity contribution is -0.140. The molecule has 0 radical (unpaired) electrons. The summed E-state index contributed by atoms with van der Waals surface area (Å²) in [5.74, 6) is -0.560. The van der Waals surface area contributed by atoms with E-state index in [1.54, 1.807) is 18.3 Å². The molecule has 0 aliphatic carbocycles. The van der Waals surface area contributed by atoms with Gasteiger partial charge in [0.2, 0.25) is 0 Å². The van der Waals surface area contributed by atoms with Crippen molar-refractivity contribution in [3.63, 3.8) is 0 Å². The number of ether oxygens (including phenoxy) is 1. The lowest BCUT2D eigenvalue weighted by Crippen LogP contribution is -2.26. The molecule has 1 aromatic heterocycles. The Labute approximate surface area is 81.5 Å². The van der Waals surface area contributed by atoms with E-state index in [4.69, 9.17) is 0 Å². The Balaban J connectivity index is 2.26. The van der Waals surface area contributed by atoms with Crippen LogP contribution in [0.2, 0.25) is 0 Å². The first-order chi connectivity index (χ1) is 6.74. The summed E-state index contributed by atoms with van der Waals surface area (Å²) in [6.07, 6.45) is 1.85. The number of nitrogens with one attached hydrogen (secondary N) is 2. The van der Waals surface area contributed by atoms with E-state index < -0.39 is 0 Å². The van der Waals surface area contributed by atoms with Crippen LogP contribution in [-0.2, 0) is 9.53 Å². The number of aromatic amines is 1. The van der Waals surface area contributed by atoms with Crippen LogP contribution in [0.1, 0.15) is 16.9 Å². The van der Waals surface area contributed by atoms with Gasteiger partial charge >= 0.3 is 5.97 Å². The van der Waals surface area contributed by atoms with E-state index in [1.807, 2.05) is 0 Å². The topological polar surface area (TPSA) is 71.2 Å². The molecule has 0 unspecified atom stereocenters. The third-order valence-corrected chi connectivity index (χ3v) is 1.68. The Hall–Kier alpha value is -1.78. The van der Waals surface area contributed by atoms with Crippen molar-refractivity contribution in [1.29, 1.82) is 0 Å². The average molecular weight is 196 g/mol. The SMILES string of the molecule is COC(=O)CCNC(=O)c1ccc[nH]1. The van der Waals surface area contributed by atoms with Gasteiger partial charge in [-0.3, -0.25) is 9.59 Å². The quantitative estimate of drug-likeness (QED) is 0.681. The van der Waals surface area contributed by atoms with E-state index in [0.717, 1.165) is 0 Å². The predicted molar refractivity (Wildman–Crippen MR) is 49.8 cm³/mol. The van der Waals surface area contributed by atoms with Crippen LogP contribution in [0.4, 0.5) is 0 Å². The molecule has 76 valence electrons. The summed E-state index contributed by atoms with van der Waals surface area (Å²) in [6.45, 7) is 0.282. The summed E-state index contributed by atoms with van der Waals surface area (Å²) >= 11 is 0. The van der Waals surface area contributed by atoms with Crippen molar-refractivity contribution in [3.8, 4) is 0 Å². The Morgan fingerprint density at radius 3 is 2.93 bits per heavy atom. The number of methoxy groups -OCH3 is 1. The summed E-state index contributed by atoms with van der Waals surface area (Å²) in [4.78, 5) is 24.7. The molecule has 0 aromatic carbocycles. The van der Waals surface area contributed by atoms with Gasteiger partial charge in [-0.25, -0.2) is 0 Å². The number of amides is 1. The minimum Gasteiger partial charge on any atom is -0.469 e. The average Bonchev–Trinajstić information content (AvgIpc) is 2.70. The summed E-state index contributed by atoms with van der Waals surface area (Å²) < 4.78 is 4.42. The maximum absolute atomic E-state index is 11.3. The zero-order chi connectivity index (χ0) is 10.4. The van der Waals surface area contributed by atoms with Crippen LogP contribution in [0.3, 0.4) is 0 Å². The van der Waals surface area contributed by atoms with Crippen molar-refractivity contribution >= 4 is 11.9 Å². The first kappa shape index (κ1) is 10.3. The molecule has 1 rings (SSSR count). The number of rotatable bonds is 4. The van der Waals surface area contributed by atoms with Gasteiger partial charge in [-0.05, 0) is 12.1 Å². The molecule has 0 atom stereocenters. The number of carbonyl (C=O) groups excluding carboxylic acids is 2. The highest BCUT2D eigenvalue weighted by Crippen LogP contribution is 1.93. The molecular weight excluding hydrogens is 184 g/mol. The van der Waals surface area contributed by atoms with E-state index in [0.29, 0.717) is 5.69 Å². The zero-order valence-corrected chi connectivity index (χ0v) is 7.87. The van der Waals surface area contributed by atoms with Crippen molar-refractivity contribution < 1.29 is 14.3 Å². The van der Waals surface area contributed by atoms with Crippen LogP contribution >= 0.6 is 0 Å². The molecule has 0 spiro atoms. The normalized spacial score (nSPS) is 9.50. The molecule has 1 heterocycles. The second-order valence-electron chi connectivity index (χ2n) is 2.67. The zero-order valence-electron chi connectivity index (χ0n) is 7.87. The van der Waals surface area contributed by atoms with Crippen LogP contribution in [0.5, 0.6) is 0 Å². The van der Waals surface area contributed by atoms with Gasteiger partial charge in [0, 0.05) is 12.7 Å². The maximum atomic E-state index is 11.3. The second-order valence-corrected chi connectivity index (χ2v) is 2.67. The van der Waals surface area contributed by atoms with Gasteiger partial charge in [-0.2, -0.15) is 0 Å². The summed E-state index contributed by atoms with van der Waals surface area (Å²) in [6, 6.07) is 3.39. The van der Waals surface area contributed by atoms with Crippen molar-refractivity contribution in [2.45, 2.75) is 6.42 Å². The van der Waals surface area contributed by atoms with E-state index in [-0.39, 0.29) is 24.8 Å². The molecule has 0 saturated carbocycles. The first-order valence-electron chi connectivity index (χ1n) is 4.22. The van der Waals surface area contributed by atoms with Crippen LogP contribution in [0, 0.1) is 0 Å². The predicted octanol–water partition coefficient (Wildman–Crippen LogP) is 0.308. The fourth-order valence-corrected chi connectivity index (χ4v) is 0.947. The van der Waals surface area contributed by atoms with Gasteiger partial charge in [0.1, 0.15) is 5.69 Å². The Kier molecular flexibility index (Phi) is 3.72. The number of hydrogen-bond acceptors (Lipinski definition) is 3. The first-order valence-corrected chi connectivity index (χ1v) is 4.22. The van der Waals surface area contributed by atoms with Crippen molar-refractivity contribution in [1.82, 2.24) is 10.3 Å². The standard InChI is InChI=1S/C9H12N2O3/c1-14-8(12)4-6-11-9(13)7-3-2-5-10-7/h2-3,5,10H,4,6H2,1H3,(H,11,13). The molecule has 0 saturated heterocycles. The van der Waals surface area contributed by atoms with Gasteiger partial charge in [-0.15, -0.1) is 0 Å². The van der Waals surface area contributed by atoms with Crippen LogP contribution in [0.15, 0.2) is 18.3 Å². The van der Waals surface area contributed by atoms with E-state index in [2.05, 4.69) is 15.0 Å². The minimum atomic E-state index is -0.336. The number of H-pyrrole nitrogens is 1. The van der Waals surface area contributed by atoms with Crippen LogP contribution in [-0.4, -0.2) is 30.5 Å². The Bertz CT molecular complexity index is 306. The number of hydrogen-bond donors (Lipinski definition) is 2. The fraction of sp³-hybridized carbons (Fsp3) is 0.333. The number of carbonyl (C=O) groups is 2. The molecule has 2 N–H and O–H groups in total. The second kappa shape index (κ2) is 5.06. The van der Waals surface area contributed by atoms with Crippen molar-refractivity contribution in [2.24, 2.45) is 0 Å². The molecule has 5 heteroatoms. The minimum absolute atomic E-state index is 0.183. The largest absolute Gasteiger partial charge is 0.469 e. The smallest absolute Gasteiger partial charge is 0.307 e. The van der Waals surface area contributed by atoms with Crippen molar-refractivity contribution in [3.05, 3.63) is 24.0 Å². The van der Waals surface area contributed by atoms with E-state index in [9.17, 15) is 9.59 Å². The third kappa shape index (κ3) is 2.93. The van der Waals surface area contributed by atoms with Gasteiger partial charge in [0.15, 0.2) is 0 Å². The lowest BCUT2D eigenvalue weighted by Gasteiger charge is -2.01. The molecule has 1 aromatic rings. The molecular formula is C9H12N2O3. The lowest BCUT2D eigenvalue weighted by atomic mass is 10.4. The Morgan fingerprint density at radius 2 is 2.36 bits per heavy atom. The summed E-state index contributed by atoms with van der Waals surface area (Å²) in [7, 11) is 1.31. The highest BCUT2D eigenvalue weighted by atomic mass is 16.5. The van der Waals surface area contributed by atoms with Crippen molar-refractivity contribution in [2.75, 3.05) is 13.7 Å². The molecule has 5 nitrogen and oxygen atoms in total. The molecule has 14 heavy (non-hydrogen) atoms. The highest BCUT2D eigenvalue weighted by molar-refractivity contribution is 5.92. The molecule has 0 aliphatic rings. The van der Waals surface area contributed by atoms with Crippen LogP contribution < -0.4 is 5.32 Å². The van der Waals surface area contributed by atoms with Gasteiger partial charge in [0.05, 0.1) is 13.5 Å². The number of esters is 1. The third-order valence-electron chi connectivity index (χ3n) is 1.68.